The lowest BCUT2D eigenvalue weighted by Crippen LogP contribution is -2.35. The van der Waals surface area contributed by atoms with Crippen molar-refractivity contribution in [3.8, 4) is 0 Å². The fourth-order valence-electron chi connectivity index (χ4n) is 2.29. The van der Waals surface area contributed by atoms with Gasteiger partial charge in [0, 0.05) is 37.5 Å². The van der Waals surface area contributed by atoms with Crippen LogP contribution in [0.5, 0.6) is 0 Å². The van der Waals surface area contributed by atoms with Crippen molar-refractivity contribution in [2.45, 2.75) is 25.4 Å². The van der Waals surface area contributed by atoms with Gasteiger partial charge in [0.2, 0.25) is 5.91 Å². The Kier molecular flexibility index (Phi) is 6.83. The summed E-state index contributed by atoms with van der Waals surface area (Å²) >= 11 is 0. The molecule has 3 amide bonds. The number of carbonyl (C=O) groups is 2. The quantitative estimate of drug-likeness (QED) is 0.613. The SMILES string of the molecule is CNCCC(=O)Nc1ccc(NC(=O)NCC2CCCO2)cc1. The maximum Gasteiger partial charge on any atom is 0.319 e. The normalized spacial score (nSPS) is 16.8. The van der Waals surface area contributed by atoms with Gasteiger partial charge in [-0.15, -0.1) is 0 Å². The molecule has 1 atom stereocenters. The van der Waals surface area contributed by atoms with Crippen LogP contribution in [0.1, 0.15) is 19.3 Å². The number of hydrogen-bond donors (Lipinski definition) is 4. The maximum atomic E-state index is 11.8. The molecule has 0 spiro atoms. The Bertz CT molecular complexity index is 513. The molecule has 0 radical (unpaired) electrons. The number of carbonyl (C=O) groups excluding carboxylic acids is 2. The van der Waals surface area contributed by atoms with E-state index in [-0.39, 0.29) is 18.0 Å². The van der Waals surface area contributed by atoms with Gasteiger partial charge >= 0.3 is 6.03 Å². The first kappa shape index (κ1) is 17.2. The third-order valence-corrected chi connectivity index (χ3v) is 3.54. The standard InChI is InChI=1S/C16H24N4O3/c1-17-9-8-15(21)19-12-4-6-13(7-5-12)20-16(22)18-11-14-3-2-10-23-14/h4-7,14,17H,2-3,8-11H2,1H3,(H,19,21)(H2,18,20,22). The Morgan fingerprint density at radius 1 is 1.17 bits per heavy atom. The molecule has 1 saturated heterocycles. The van der Waals surface area contributed by atoms with E-state index < -0.39 is 0 Å². The first-order valence-electron chi connectivity index (χ1n) is 7.88. The molecule has 1 aromatic carbocycles. The maximum absolute atomic E-state index is 11.8. The minimum Gasteiger partial charge on any atom is -0.376 e. The number of benzene rings is 1. The molecule has 0 aromatic heterocycles. The Morgan fingerprint density at radius 2 is 1.87 bits per heavy atom. The van der Waals surface area contributed by atoms with E-state index >= 15 is 0 Å². The summed E-state index contributed by atoms with van der Waals surface area (Å²) in [6.45, 7) is 1.93. The smallest absolute Gasteiger partial charge is 0.319 e. The zero-order chi connectivity index (χ0) is 16.5. The molecular weight excluding hydrogens is 296 g/mol. The van der Waals surface area contributed by atoms with Crippen molar-refractivity contribution in [2.24, 2.45) is 0 Å². The lowest BCUT2D eigenvalue weighted by molar-refractivity contribution is -0.116. The number of amides is 3. The van der Waals surface area contributed by atoms with E-state index in [2.05, 4.69) is 21.3 Å². The topological polar surface area (TPSA) is 91.5 Å². The van der Waals surface area contributed by atoms with Gasteiger partial charge in [-0.1, -0.05) is 0 Å². The van der Waals surface area contributed by atoms with Gasteiger partial charge in [0.1, 0.15) is 0 Å². The van der Waals surface area contributed by atoms with Gasteiger partial charge in [0.15, 0.2) is 0 Å². The molecule has 1 aliphatic heterocycles. The third-order valence-electron chi connectivity index (χ3n) is 3.54. The molecule has 1 heterocycles. The molecule has 1 aliphatic rings. The predicted molar refractivity (Wildman–Crippen MR) is 89.6 cm³/mol. The van der Waals surface area contributed by atoms with Gasteiger partial charge in [-0.05, 0) is 44.2 Å². The van der Waals surface area contributed by atoms with Crippen molar-refractivity contribution in [3.05, 3.63) is 24.3 Å². The number of urea groups is 1. The average Bonchev–Trinajstić information content (AvgIpc) is 3.06. The molecule has 2 rings (SSSR count). The fourth-order valence-corrected chi connectivity index (χ4v) is 2.29. The zero-order valence-electron chi connectivity index (χ0n) is 13.4. The van der Waals surface area contributed by atoms with Crippen molar-refractivity contribution in [3.63, 3.8) is 0 Å². The second-order valence-corrected chi connectivity index (χ2v) is 5.45. The van der Waals surface area contributed by atoms with E-state index in [0.717, 1.165) is 19.4 Å². The minimum atomic E-state index is -0.258. The van der Waals surface area contributed by atoms with E-state index in [9.17, 15) is 9.59 Å². The van der Waals surface area contributed by atoms with Crippen molar-refractivity contribution < 1.29 is 14.3 Å². The highest BCUT2D eigenvalue weighted by Gasteiger charge is 2.16. The zero-order valence-corrected chi connectivity index (χ0v) is 13.4. The second-order valence-electron chi connectivity index (χ2n) is 5.45. The van der Waals surface area contributed by atoms with Crippen molar-refractivity contribution in [1.82, 2.24) is 10.6 Å². The summed E-state index contributed by atoms with van der Waals surface area (Å²) in [5, 5.41) is 11.3. The molecule has 1 fully saturated rings. The molecule has 7 nitrogen and oxygen atoms in total. The summed E-state index contributed by atoms with van der Waals surface area (Å²) < 4.78 is 5.45. The Hall–Kier alpha value is -2.12. The fraction of sp³-hybridized carbons (Fsp3) is 0.500. The van der Waals surface area contributed by atoms with E-state index in [1.54, 1.807) is 31.3 Å². The second kappa shape index (κ2) is 9.12. The van der Waals surface area contributed by atoms with Gasteiger partial charge in [-0.3, -0.25) is 4.79 Å². The van der Waals surface area contributed by atoms with Gasteiger partial charge in [-0.25, -0.2) is 4.79 Å². The lowest BCUT2D eigenvalue weighted by atomic mass is 10.2. The first-order chi connectivity index (χ1) is 11.2. The molecule has 1 aromatic rings. The lowest BCUT2D eigenvalue weighted by Gasteiger charge is -2.12. The predicted octanol–water partition coefficient (Wildman–Crippen LogP) is 1.54. The summed E-state index contributed by atoms with van der Waals surface area (Å²) in [5.74, 6) is -0.0469. The summed E-state index contributed by atoms with van der Waals surface area (Å²) in [5.41, 5.74) is 1.37. The van der Waals surface area contributed by atoms with Crippen LogP contribution in [0.3, 0.4) is 0 Å². The van der Waals surface area contributed by atoms with E-state index in [4.69, 9.17) is 4.74 Å². The van der Waals surface area contributed by atoms with Crippen LogP contribution in [0.2, 0.25) is 0 Å². The monoisotopic (exact) mass is 320 g/mol. The molecule has 0 saturated carbocycles. The van der Waals surface area contributed by atoms with Crippen molar-refractivity contribution >= 4 is 23.3 Å². The number of anilines is 2. The first-order valence-corrected chi connectivity index (χ1v) is 7.88. The summed E-state index contributed by atoms with van der Waals surface area (Å²) in [7, 11) is 1.80. The van der Waals surface area contributed by atoms with Crippen LogP contribution in [0.25, 0.3) is 0 Å². The highest BCUT2D eigenvalue weighted by Crippen LogP contribution is 2.14. The summed E-state index contributed by atoms with van der Waals surface area (Å²) in [6, 6.07) is 6.75. The van der Waals surface area contributed by atoms with Gasteiger partial charge < -0.3 is 26.0 Å². The van der Waals surface area contributed by atoms with Crippen LogP contribution in [-0.2, 0) is 9.53 Å². The number of nitrogens with one attached hydrogen (secondary N) is 4. The van der Waals surface area contributed by atoms with E-state index in [1.165, 1.54) is 0 Å². The summed E-state index contributed by atoms with van der Waals surface area (Å²) in [4.78, 5) is 23.4. The van der Waals surface area contributed by atoms with E-state index in [1.807, 2.05) is 0 Å². The van der Waals surface area contributed by atoms with Crippen LogP contribution < -0.4 is 21.3 Å². The van der Waals surface area contributed by atoms with Crippen LogP contribution >= 0.6 is 0 Å². The van der Waals surface area contributed by atoms with E-state index in [0.29, 0.717) is 30.9 Å². The Balaban J connectivity index is 1.73. The average molecular weight is 320 g/mol. The van der Waals surface area contributed by atoms with Gasteiger partial charge in [0.25, 0.3) is 0 Å². The molecule has 7 heteroatoms. The highest BCUT2D eigenvalue weighted by atomic mass is 16.5. The molecule has 0 aliphatic carbocycles. The van der Waals surface area contributed by atoms with Crippen LogP contribution in [0.15, 0.2) is 24.3 Å². The molecular formula is C16H24N4O3. The minimum absolute atomic E-state index is 0.0469. The molecule has 126 valence electrons. The highest BCUT2D eigenvalue weighted by molar-refractivity contribution is 5.92. The largest absolute Gasteiger partial charge is 0.376 e. The van der Waals surface area contributed by atoms with Crippen LogP contribution in [-0.4, -0.2) is 44.8 Å². The molecule has 1 unspecified atom stereocenters. The van der Waals surface area contributed by atoms with Crippen molar-refractivity contribution in [1.29, 1.82) is 0 Å². The molecule has 4 N–H and O–H groups in total. The number of ether oxygens (including phenoxy) is 1. The third kappa shape index (κ3) is 6.25. The van der Waals surface area contributed by atoms with Crippen molar-refractivity contribution in [2.75, 3.05) is 37.4 Å². The Morgan fingerprint density at radius 3 is 2.48 bits per heavy atom. The summed E-state index contributed by atoms with van der Waals surface area (Å²) in [6.07, 6.45) is 2.58. The number of hydrogen-bond acceptors (Lipinski definition) is 4. The van der Waals surface area contributed by atoms with Crippen LogP contribution in [0, 0.1) is 0 Å². The van der Waals surface area contributed by atoms with Gasteiger partial charge in [-0.2, -0.15) is 0 Å². The number of rotatable bonds is 7. The molecule has 0 bridgehead atoms. The Labute approximate surface area is 136 Å². The van der Waals surface area contributed by atoms with Crippen LogP contribution in [0.4, 0.5) is 16.2 Å². The molecule has 23 heavy (non-hydrogen) atoms. The van der Waals surface area contributed by atoms with Gasteiger partial charge in [0.05, 0.1) is 6.10 Å².